The minimum Gasteiger partial charge on any atom is -0.479 e. The molecule has 5 rings (SSSR count). The van der Waals surface area contributed by atoms with Crippen molar-refractivity contribution in [2.24, 2.45) is 0 Å². The van der Waals surface area contributed by atoms with E-state index in [0.717, 1.165) is 40.1 Å². The van der Waals surface area contributed by atoms with Crippen LogP contribution < -0.4 is 0 Å². The van der Waals surface area contributed by atoms with Gasteiger partial charge in [0.15, 0.2) is 9.84 Å². The molecule has 3 aromatic carbocycles. The van der Waals surface area contributed by atoms with E-state index in [0.29, 0.717) is 36.4 Å². The lowest BCUT2D eigenvalue weighted by molar-refractivity contribution is -0.392. The second-order valence-electron chi connectivity index (χ2n) is 12.4. The predicted octanol–water partition coefficient (Wildman–Crippen LogP) is 7.02. The van der Waals surface area contributed by atoms with E-state index in [9.17, 15) is 61.9 Å². The van der Waals surface area contributed by atoms with Gasteiger partial charge in [-0.2, -0.15) is 26.3 Å². The number of hydrogen-bond donors (Lipinski definition) is 1. The first-order chi connectivity index (χ1) is 24.1. The molecule has 282 valence electrons. The largest absolute Gasteiger partial charge is 0.479 e. The maximum Gasteiger partial charge on any atom is 0.430 e. The van der Waals surface area contributed by atoms with Crippen LogP contribution in [0.1, 0.15) is 36.0 Å². The van der Waals surface area contributed by atoms with Crippen molar-refractivity contribution in [2.75, 3.05) is 26.2 Å². The Hall–Kier alpha value is -4.39. The van der Waals surface area contributed by atoms with Gasteiger partial charge in [-0.15, -0.1) is 0 Å². The molecule has 0 radical (unpaired) electrons. The fourth-order valence-corrected chi connectivity index (χ4v) is 8.53. The van der Waals surface area contributed by atoms with E-state index in [-0.39, 0.29) is 25.2 Å². The standard InChI is InChI=1S/C33H28F10N2O6S/c34-22-8-10-23(11-9-22)52(49,50)30(14-17-45(19-30)28(48)44-15-12-29(37,13-16-44)27(46)47)20-4-6-21(7-5-20)31(32(38,39)40,33(41,42)43)51-18-24-25(35)2-1-3-26(24)36/h1-11H,12-19H2,(H,46,47). The normalized spacial score (nSPS) is 19.9. The van der Waals surface area contributed by atoms with Crippen LogP contribution in [0.5, 0.6) is 0 Å². The zero-order valence-electron chi connectivity index (χ0n) is 26.6. The number of nitrogens with zero attached hydrogens (tertiary/aromatic N) is 2. The predicted molar refractivity (Wildman–Crippen MR) is 161 cm³/mol. The first kappa shape index (κ1) is 38.8. The number of urea groups is 1. The van der Waals surface area contributed by atoms with Crippen molar-refractivity contribution in [1.82, 2.24) is 9.80 Å². The number of alkyl halides is 7. The van der Waals surface area contributed by atoms with Crippen LogP contribution in [-0.4, -0.2) is 79.5 Å². The lowest BCUT2D eigenvalue weighted by Crippen LogP contribution is -2.56. The van der Waals surface area contributed by atoms with Crippen molar-refractivity contribution in [3.05, 3.63) is 101 Å². The molecule has 0 bridgehead atoms. The van der Waals surface area contributed by atoms with Crippen LogP contribution >= 0.6 is 0 Å². The van der Waals surface area contributed by atoms with Crippen LogP contribution in [0.3, 0.4) is 0 Å². The number of sulfone groups is 1. The molecule has 1 unspecified atom stereocenters. The van der Waals surface area contributed by atoms with Crippen LogP contribution in [0.15, 0.2) is 71.6 Å². The quantitative estimate of drug-likeness (QED) is 0.195. The van der Waals surface area contributed by atoms with E-state index in [1.54, 1.807) is 0 Å². The summed E-state index contributed by atoms with van der Waals surface area (Å²) >= 11 is 0. The Morgan fingerprint density at radius 1 is 0.769 bits per heavy atom. The average molecular weight is 771 g/mol. The van der Waals surface area contributed by atoms with Crippen molar-refractivity contribution < 1.29 is 71.8 Å². The van der Waals surface area contributed by atoms with Gasteiger partial charge in [0.05, 0.1) is 11.5 Å². The number of ether oxygens (including phenoxy) is 1. The van der Waals surface area contributed by atoms with Crippen molar-refractivity contribution in [2.45, 2.75) is 59.1 Å². The number of likely N-dealkylation sites (tertiary alicyclic amines) is 2. The van der Waals surface area contributed by atoms with Gasteiger partial charge in [0.2, 0.25) is 5.67 Å². The van der Waals surface area contributed by atoms with Gasteiger partial charge in [-0.3, -0.25) is 0 Å². The fourth-order valence-electron chi connectivity index (χ4n) is 6.46. The number of hydrogen-bond acceptors (Lipinski definition) is 5. The Morgan fingerprint density at radius 2 is 1.29 bits per heavy atom. The number of aliphatic carboxylic acids is 1. The average Bonchev–Trinajstić information content (AvgIpc) is 3.53. The number of piperidine rings is 1. The molecule has 1 atom stereocenters. The summed E-state index contributed by atoms with van der Waals surface area (Å²) in [6, 6.07) is 6.52. The summed E-state index contributed by atoms with van der Waals surface area (Å²) < 4.78 is 175. The van der Waals surface area contributed by atoms with Gasteiger partial charge in [-0.1, -0.05) is 30.3 Å². The third kappa shape index (κ3) is 6.56. The maximum atomic E-state index is 14.6. The molecule has 2 fully saturated rings. The highest BCUT2D eigenvalue weighted by molar-refractivity contribution is 7.92. The van der Waals surface area contributed by atoms with E-state index < -0.39 is 116 Å². The third-order valence-electron chi connectivity index (χ3n) is 9.46. The lowest BCUT2D eigenvalue weighted by Gasteiger charge is -2.38. The SMILES string of the molecule is O=C(N1CCC(F)(C(=O)O)CC1)N1CCC(c2ccc(C(OCc3c(F)cccc3F)(C(F)(F)F)C(F)(F)F)cc2)(S(=O)(=O)c2ccc(F)cc2)C1. The summed E-state index contributed by atoms with van der Waals surface area (Å²) in [5.74, 6) is -5.50. The monoisotopic (exact) mass is 770 g/mol. The first-order valence-electron chi connectivity index (χ1n) is 15.4. The lowest BCUT2D eigenvalue weighted by atomic mass is 9.88. The molecule has 3 aromatic rings. The van der Waals surface area contributed by atoms with Gasteiger partial charge in [0.1, 0.15) is 22.2 Å². The molecule has 0 spiro atoms. The molecule has 2 heterocycles. The fraction of sp³-hybridized carbons (Fsp3) is 0.394. The van der Waals surface area contributed by atoms with E-state index in [1.807, 2.05) is 0 Å². The molecule has 2 amide bonds. The van der Waals surface area contributed by atoms with Gasteiger partial charge in [-0.05, 0) is 48.4 Å². The highest BCUT2D eigenvalue weighted by Gasteiger charge is 2.73. The Bertz CT molecular complexity index is 1900. The van der Waals surface area contributed by atoms with Gasteiger partial charge in [0.25, 0.3) is 5.60 Å². The molecular weight excluding hydrogens is 742 g/mol. The van der Waals surface area contributed by atoms with E-state index >= 15 is 0 Å². The molecule has 2 aliphatic heterocycles. The van der Waals surface area contributed by atoms with Crippen LogP contribution in [0.25, 0.3) is 0 Å². The number of rotatable bonds is 8. The maximum absolute atomic E-state index is 14.6. The summed E-state index contributed by atoms with van der Waals surface area (Å²) in [5.41, 5.74) is -11.0. The minimum absolute atomic E-state index is 0.303. The molecule has 2 saturated heterocycles. The Kier molecular flexibility index (Phi) is 10.1. The van der Waals surface area contributed by atoms with Gasteiger partial charge < -0.3 is 19.6 Å². The number of carboxylic acids is 1. The number of benzene rings is 3. The zero-order chi connectivity index (χ0) is 38.5. The molecule has 1 N–H and O–H groups in total. The van der Waals surface area contributed by atoms with Gasteiger partial charge >= 0.3 is 24.4 Å². The van der Waals surface area contributed by atoms with E-state index in [2.05, 4.69) is 4.74 Å². The molecule has 52 heavy (non-hydrogen) atoms. The van der Waals surface area contributed by atoms with Crippen LogP contribution in [-0.2, 0) is 36.3 Å². The topological polar surface area (TPSA) is 104 Å². The number of carboxylic acid groups (broad SMARTS) is 1. The second kappa shape index (κ2) is 13.5. The molecule has 0 aliphatic carbocycles. The highest BCUT2D eigenvalue weighted by atomic mass is 32.2. The highest BCUT2D eigenvalue weighted by Crippen LogP contribution is 2.54. The van der Waals surface area contributed by atoms with Crippen LogP contribution in [0.2, 0.25) is 0 Å². The molecule has 19 heteroatoms. The van der Waals surface area contributed by atoms with Gasteiger partial charge in [-0.25, -0.2) is 35.6 Å². The summed E-state index contributed by atoms with van der Waals surface area (Å²) in [6.45, 7) is -3.58. The second-order valence-corrected chi connectivity index (χ2v) is 14.7. The van der Waals surface area contributed by atoms with Crippen LogP contribution in [0.4, 0.5) is 48.7 Å². The number of carbonyl (C=O) groups excluding carboxylic acids is 1. The zero-order valence-corrected chi connectivity index (χ0v) is 27.4. The van der Waals surface area contributed by atoms with Crippen molar-refractivity contribution >= 4 is 21.8 Å². The van der Waals surface area contributed by atoms with Crippen molar-refractivity contribution in [1.29, 1.82) is 0 Å². The van der Waals surface area contributed by atoms with Gasteiger partial charge in [0, 0.05) is 50.1 Å². The van der Waals surface area contributed by atoms with E-state index in [1.165, 1.54) is 0 Å². The molecule has 0 aromatic heterocycles. The third-order valence-corrected chi connectivity index (χ3v) is 12.0. The van der Waals surface area contributed by atoms with Crippen molar-refractivity contribution in [3.8, 4) is 0 Å². The Labute approximate surface area is 289 Å². The Morgan fingerprint density at radius 3 is 1.79 bits per heavy atom. The smallest absolute Gasteiger partial charge is 0.430 e. The van der Waals surface area contributed by atoms with E-state index in [4.69, 9.17) is 5.11 Å². The van der Waals surface area contributed by atoms with Crippen LogP contribution in [0, 0.1) is 17.5 Å². The first-order valence-corrected chi connectivity index (χ1v) is 16.9. The summed E-state index contributed by atoms with van der Waals surface area (Å²) in [6.07, 6.45) is -14.2. The number of amides is 2. The molecule has 8 nitrogen and oxygen atoms in total. The molecular formula is C33H28F10N2O6S. The molecule has 0 saturated carbocycles. The van der Waals surface area contributed by atoms with Crippen molar-refractivity contribution in [3.63, 3.8) is 0 Å². The Balaban J connectivity index is 1.56. The number of carbonyl (C=O) groups is 2. The summed E-state index contributed by atoms with van der Waals surface area (Å²) in [5, 5.41) is 9.16. The minimum atomic E-state index is -6.28. The summed E-state index contributed by atoms with van der Waals surface area (Å²) in [7, 11) is -4.73. The number of halogens is 10. The summed E-state index contributed by atoms with van der Waals surface area (Å²) in [4.78, 5) is 26.4. The molecule has 2 aliphatic rings.